The normalized spacial score (nSPS) is 14.3. The van der Waals surface area contributed by atoms with E-state index in [1.807, 2.05) is 37.3 Å². The molecule has 1 aliphatic carbocycles. The number of nitriles is 1. The summed E-state index contributed by atoms with van der Waals surface area (Å²) in [5.41, 5.74) is 3.06. The zero-order valence-electron chi connectivity index (χ0n) is 16.9. The van der Waals surface area contributed by atoms with Crippen LogP contribution in [0.4, 0.5) is 0 Å². The monoisotopic (exact) mass is 390 g/mol. The third-order valence-electron chi connectivity index (χ3n) is 5.03. The molecule has 5 heteroatoms. The van der Waals surface area contributed by atoms with Crippen molar-refractivity contribution in [2.75, 3.05) is 7.11 Å². The number of benzene rings is 2. The van der Waals surface area contributed by atoms with Gasteiger partial charge in [-0.05, 0) is 49.1 Å². The van der Waals surface area contributed by atoms with Gasteiger partial charge in [-0.3, -0.25) is 4.79 Å². The van der Waals surface area contributed by atoms with Gasteiger partial charge in [-0.25, -0.2) is 0 Å². The molecule has 0 heterocycles. The molecule has 29 heavy (non-hydrogen) atoms. The molecule has 0 bridgehead atoms. The smallest absolute Gasteiger partial charge is 0.262 e. The molecule has 0 aromatic heterocycles. The van der Waals surface area contributed by atoms with Gasteiger partial charge in [-0.15, -0.1) is 0 Å². The highest BCUT2D eigenvalue weighted by molar-refractivity contribution is 6.01. The van der Waals surface area contributed by atoms with Crippen molar-refractivity contribution >= 4 is 12.0 Å². The van der Waals surface area contributed by atoms with Crippen LogP contribution < -0.4 is 14.8 Å². The minimum absolute atomic E-state index is 0.0902. The van der Waals surface area contributed by atoms with Crippen molar-refractivity contribution in [2.24, 2.45) is 0 Å². The second-order valence-electron chi connectivity index (χ2n) is 7.31. The first-order valence-corrected chi connectivity index (χ1v) is 9.88. The molecule has 0 saturated heterocycles. The molecule has 0 radical (unpaired) electrons. The fourth-order valence-corrected chi connectivity index (χ4v) is 3.50. The second-order valence-corrected chi connectivity index (χ2v) is 7.31. The Morgan fingerprint density at radius 1 is 1.21 bits per heavy atom. The Labute approximate surface area is 172 Å². The Hall–Kier alpha value is -3.26. The molecule has 0 spiro atoms. The van der Waals surface area contributed by atoms with Gasteiger partial charge in [0.15, 0.2) is 11.5 Å². The number of amides is 1. The van der Waals surface area contributed by atoms with E-state index in [2.05, 4.69) is 11.4 Å². The second kappa shape index (κ2) is 9.79. The van der Waals surface area contributed by atoms with Gasteiger partial charge in [0.05, 0.1) is 7.11 Å². The van der Waals surface area contributed by atoms with Crippen molar-refractivity contribution in [3.8, 4) is 17.6 Å². The minimum atomic E-state index is -0.321. The van der Waals surface area contributed by atoms with Crippen molar-refractivity contribution in [2.45, 2.75) is 45.3 Å². The summed E-state index contributed by atoms with van der Waals surface area (Å²) in [5, 5.41) is 12.4. The molecule has 1 aliphatic rings. The third kappa shape index (κ3) is 5.61. The van der Waals surface area contributed by atoms with Crippen molar-refractivity contribution in [3.05, 3.63) is 64.7 Å². The Balaban J connectivity index is 1.71. The molecule has 2 aromatic carbocycles. The summed E-state index contributed by atoms with van der Waals surface area (Å²) in [6.45, 7) is 2.47. The number of hydrogen-bond acceptors (Lipinski definition) is 4. The number of ether oxygens (including phenoxy) is 2. The molecule has 2 aromatic rings. The van der Waals surface area contributed by atoms with E-state index in [-0.39, 0.29) is 17.5 Å². The molecular formula is C24H26N2O3. The molecule has 5 nitrogen and oxygen atoms in total. The lowest BCUT2D eigenvalue weighted by Crippen LogP contribution is -2.33. The first-order chi connectivity index (χ1) is 14.1. The lowest BCUT2D eigenvalue weighted by Gasteiger charge is -2.13. The molecule has 3 rings (SSSR count). The number of aryl methyl sites for hydroxylation is 1. The highest BCUT2D eigenvalue weighted by atomic mass is 16.5. The average Bonchev–Trinajstić information content (AvgIpc) is 3.23. The number of methoxy groups -OCH3 is 1. The van der Waals surface area contributed by atoms with Crippen LogP contribution >= 0.6 is 0 Å². The van der Waals surface area contributed by atoms with Gasteiger partial charge >= 0.3 is 0 Å². The SMILES string of the molecule is COc1cc(/C=C(/C#N)C(=O)NC2CCCC2)ccc1OCc1cccc(C)c1. The molecule has 1 N–H and O–H groups in total. The average molecular weight is 390 g/mol. The fourth-order valence-electron chi connectivity index (χ4n) is 3.50. The Bertz CT molecular complexity index is 937. The molecule has 150 valence electrons. The number of carbonyl (C=O) groups excluding carboxylic acids is 1. The molecule has 0 aliphatic heterocycles. The lowest BCUT2D eigenvalue weighted by molar-refractivity contribution is -0.117. The third-order valence-corrected chi connectivity index (χ3v) is 5.03. The van der Waals surface area contributed by atoms with E-state index >= 15 is 0 Å². The van der Waals surface area contributed by atoms with Gasteiger partial charge in [0, 0.05) is 6.04 Å². The molecule has 0 unspecified atom stereocenters. The predicted octanol–water partition coefficient (Wildman–Crippen LogP) is 4.55. The van der Waals surface area contributed by atoms with Crippen molar-refractivity contribution in [1.82, 2.24) is 5.32 Å². The topological polar surface area (TPSA) is 71.3 Å². The number of carbonyl (C=O) groups is 1. The van der Waals surface area contributed by atoms with Gasteiger partial charge in [0.2, 0.25) is 0 Å². The summed E-state index contributed by atoms with van der Waals surface area (Å²) in [7, 11) is 1.57. The van der Waals surface area contributed by atoms with E-state index in [4.69, 9.17) is 9.47 Å². The van der Waals surface area contributed by atoms with Crippen LogP contribution in [-0.4, -0.2) is 19.1 Å². The number of nitrogens with one attached hydrogen (secondary N) is 1. The van der Waals surface area contributed by atoms with Crippen molar-refractivity contribution < 1.29 is 14.3 Å². The largest absolute Gasteiger partial charge is 0.493 e. The lowest BCUT2D eigenvalue weighted by atomic mass is 10.1. The maximum atomic E-state index is 12.4. The van der Waals surface area contributed by atoms with Crippen LogP contribution in [0.3, 0.4) is 0 Å². The number of hydrogen-bond donors (Lipinski definition) is 1. The van der Waals surface area contributed by atoms with E-state index in [0.717, 1.165) is 31.2 Å². The first kappa shape index (κ1) is 20.5. The summed E-state index contributed by atoms with van der Waals surface area (Å²) >= 11 is 0. The summed E-state index contributed by atoms with van der Waals surface area (Å²) < 4.78 is 11.3. The Morgan fingerprint density at radius 3 is 2.69 bits per heavy atom. The number of rotatable bonds is 7. The zero-order valence-corrected chi connectivity index (χ0v) is 16.9. The predicted molar refractivity (Wildman–Crippen MR) is 112 cm³/mol. The van der Waals surface area contributed by atoms with Crippen LogP contribution in [0.15, 0.2) is 48.0 Å². The van der Waals surface area contributed by atoms with Gasteiger partial charge < -0.3 is 14.8 Å². The molecule has 0 atom stereocenters. The maximum Gasteiger partial charge on any atom is 0.262 e. The van der Waals surface area contributed by atoms with Gasteiger partial charge in [0.25, 0.3) is 5.91 Å². The summed E-state index contributed by atoms with van der Waals surface area (Å²) in [4.78, 5) is 12.4. The van der Waals surface area contributed by atoms with Crippen LogP contribution in [0.25, 0.3) is 6.08 Å². The van der Waals surface area contributed by atoms with Crippen LogP contribution in [-0.2, 0) is 11.4 Å². The van der Waals surface area contributed by atoms with Crippen molar-refractivity contribution in [1.29, 1.82) is 5.26 Å². The van der Waals surface area contributed by atoms with Gasteiger partial charge in [-0.1, -0.05) is 48.7 Å². The van der Waals surface area contributed by atoms with Crippen LogP contribution in [0, 0.1) is 18.3 Å². The standard InChI is InChI=1S/C24H26N2O3/c1-17-6-5-7-19(12-17)16-29-22-11-10-18(14-23(22)28-2)13-20(15-25)24(27)26-21-8-3-4-9-21/h5-7,10-14,21H,3-4,8-9,16H2,1-2H3,(H,26,27)/b20-13-. The maximum absolute atomic E-state index is 12.4. The Morgan fingerprint density at radius 2 is 2.00 bits per heavy atom. The fraction of sp³-hybridized carbons (Fsp3) is 0.333. The highest BCUT2D eigenvalue weighted by Gasteiger charge is 2.19. The van der Waals surface area contributed by atoms with E-state index in [0.29, 0.717) is 23.7 Å². The number of nitrogens with zero attached hydrogens (tertiary/aromatic N) is 1. The summed E-state index contributed by atoms with van der Waals surface area (Å²) in [6, 6.07) is 15.7. The quantitative estimate of drug-likeness (QED) is 0.556. The van der Waals surface area contributed by atoms with Crippen LogP contribution in [0.2, 0.25) is 0 Å². The molecular weight excluding hydrogens is 364 g/mol. The van der Waals surface area contributed by atoms with Crippen molar-refractivity contribution in [3.63, 3.8) is 0 Å². The summed E-state index contributed by atoms with van der Waals surface area (Å²) in [6.07, 6.45) is 5.78. The molecule has 1 fully saturated rings. The van der Waals surface area contributed by atoms with E-state index in [1.54, 1.807) is 25.3 Å². The molecule has 1 saturated carbocycles. The minimum Gasteiger partial charge on any atom is -0.493 e. The summed E-state index contributed by atoms with van der Waals surface area (Å²) in [5.74, 6) is 0.845. The van der Waals surface area contributed by atoms with E-state index in [1.165, 1.54) is 5.56 Å². The molecule has 1 amide bonds. The zero-order chi connectivity index (χ0) is 20.6. The van der Waals surface area contributed by atoms with Crippen LogP contribution in [0.1, 0.15) is 42.4 Å². The first-order valence-electron chi connectivity index (χ1n) is 9.88. The van der Waals surface area contributed by atoms with E-state index < -0.39 is 0 Å². The van der Waals surface area contributed by atoms with Gasteiger partial charge in [0.1, 0.15) is 18.2 Å². The van der Waals surface area contributed by atoms with Gasteiger partial charge in [-0.2, -0.15) is 5.26 Å². The van der Waals surface area contributed by atoms with E-state index in [9.17, 15) is 10.1 Å². The Kier molecular flexibility index (Phi) is 6.91. The highest BCUT2D eigenvalue weighted by Crippen LogP contribution is 2.30. The van der Waals surface area contributed by atoms with Crippen LogP contribution in [0.5, 0.6) is 11.5 Å².